The molecule has 3 saturated carbocycles. The fraction of sp³-hybridized carbons (Fsp3) is 0.723. The molecular weight excluding hydrogens is 1100 g/mol. The van der Waals surface area contributed by atoms with Crippen molar-refractivity contribution in [3.05, 3.63) is 71.8 Å². The third-order valence-electron chi connectivity index (χ3n) is 17.6. The standard InChI is InChI=1S/C27H42O5.C20H30O4.C18H24F6O4/c1-6-20(21-10-8-7-9-11-21)17-22(16-19(2)25(28)29)26(30)32-18-31-24-14-12-23(13-15-24)27(3,4)5;1-6-15(16-10-8-7-9-11-16)13-17(12-14(2)18(21)22)19(23)24-20(3,4)5;1-8(14(25)26)5-12(7-13-9(2)10-3-4-11(13)6-10)15(27)28-16(17(19,20)21)18(22,23)24/h7-11,19-20,22-24H,6,12-18H2,1-5H3,(H,28,29);7-11,14-15,17H,6,12-13H2,1-5H3,(H,21,22);8-13,16H,3-7H2,1-2H3,(H,25,26). The lowest BCUT2D eigenvalue weighted by molar-refractivity contribution is -0.314. The van der Waals surface area contributed by atoms with Gasteiger partial charge in [-0.05, 0) is 175 Å². The van der Waals surface area contributed by atoms with Gasteiger partial charge in [-0.15, -0.1) is 0 Å². The second kappa shape index (κ2) is 33.1. The van der Waals surface area contributed by atoms with Gasteiger partial charge >= 0.3 is 48.2 Å². The molecule has 0 amide bonds. The topological polar surface area (TPSA) is 200 Å². The predicted molar refractivity (Wildman–Crippen MR) is 306 cm³/mol. The first kappa shape index (κ1) is 73.1. The van der Waals surface area contributed by atoms with Crippen LogP contribution in [-0.2, 0) is 47.7 Å². The van der Waals surface area contributed by atoms with Crippen molar-refractivity contribution in [3.8, 4) is 0 Å². The summed E-state index contributed by atoms with van der Waals surface area (Å²) in [7, 11) is 0. The van der Waals surface area contributed by atoms with E-state index in [0.717, 1.165) is 57.8 Å². The molecule has 3 aliphatic rings. The molecule has 0 spiro atoms. The van der Waals surface area contributed by atoms with Crippen LogP contribution in [0.25, 0.3) is 0 Å². The molecule has 13 nitrogen and oxygen atoms in total. The van der Waals surface area contributed by atoms with Crippen LogP contribution >= 0.6 is 0 Å². The zero-order valence-corrected chi connectivity index (χ0v) is 51.4. The van der Waals surface area contributed by atoms with Gasteiger partial charge in [0.15, 0.2) is 6.79 Å². The number of fused-ring (bicyclic) bond motifs is 2. The minimum absolute atomic E-state index is 0.0347. The van der Waals surface area contributed by atoms with Crippen molar-refractivity contribution < 1.29 is 89.4 Å². The van der Waals surface area contributed by atoms with Gasteiger partial charge in [-0.2, -0.15) is 26.3 Å². The van der Waals surface area contributed by atoms with E-state index < -0.39 is 83.4 Å². The van der Waals surface area contributed by atoms with Gasteiger partial charge in [0.1, 0.15) is 5.60 Å². The Morgan fingerprint density at radius 3 is 1.35 bits per heavy atom. The van der Waals surface area contributed by atoms with Crippen molar-refractivity contribution >= 4 is 35.8 Å². The molecular formula is C65H96F6O13. The predicted octanol–water partition coefficient (Wildman–Crippen LogP) is 15.9. The fourth-order valence-electron chi connectivity index (χ4n) is 12.4. The average Bonchev–Trinajstić information content (AvgIpc) is 4.02. The summed E-state index contributed by atoms with van der Waals surface area (Å²) < 4.78 is 97.1. The number of esters is 3. The maximum Gasteiger partial charge on any atom is 0.434 e. The Bertz CT molecular complexity index is 2330. The molecule has 3 fully saturated rings. The zero-order chi connectivity index (χ0) is 63.5. The summed E-state index contributed by atoms with van der Waals surface area (Å²) in [5, 5.41) is 27.6. The van der Waals surface area contributed by atoms with Crippen molar-refractivity contribution in [1.29, 1.82) is 0 Å². The zero-order valence-electron chi connectivity index (χ0n) is 51.4. The third kappa shape index (κ3) is 24.3. The number of carbonyl (C=O) groups is 6. The van der Waals surface area contributed by atoms with Gasteiger partial charge in [0.05, 0.1) is 41.6 Å². The Balaban J connectivity index is 0.000000334. The van der Waals surface area contributed by atoms with Crippen LogP contribution in [0.5, 0.6) is 0 Å². The minimum Gasteiger partial charge on any atom is -0.481 e. The Morgan fingerprint density at radius 1 is 0.560 bits per heavy atom. The summed E-state index contributed by atoms with van der Waals surface area (Å²) >= 11 is 0. The van der Waals surface area contributed by atoms with Crippen molar-refractivity contribution in [1.82, 2.24) is 0 Å². The van der Waals surface area contributed by atoms with Gasteiger partial charge in [0, 0.05) is 0 Å². The van der Waals surface area contributed by atoms with Crippen LogP contribution in [-0.4, -0.2) is 88.1 Å². The molecule has 0 heterocycles. The Kier molecular flexibility index (Phi) is 28.8. The van der Waals surface area contributed by atoms with Crippen molar-refractivity contribution in [3.63, 3.8) is 0 Å². The highest BCUT2D eigenvalue weighted by atomic mass is 19.4. The SMILES string of the molecule is CC(CC(CC1C2CCC(C2)C1C)C(=O)OC(C(F)(F)F)C(F)(F)F)C(=O)O.CCC(CC(CC(C)C(=O)O)C(=O)OC(C)(C)C)c1ccccc1.CCC(CC(CC(C)C(=O)O)C(=O)OCOC1CCC(C(C)(C)C)CC1)c1ccccc1. The molecule has 476 valence electrons. The summed E-state index contributed by atoms with van der Waals surface area (Å²) in [6.07, 6.45) is -5.37. The van der Waals surface area contributed by atoms with Crippen molar-refractivity contribution in [2.24, 2.45) is 70.5 Å². The number of hydrogen-bond donors (Lipinski definition) is 3. The molecule has 2 aromatic rings. The number of alkyl halides is 6. The van der Waals surface area contributed by atoms with Gasteiger partial charge in [-0.25, -0.2) is 0 Å². The van der Waals surface area contributed by atoms with Crippen molar-refractivity contribution in [2.45, 2.75) is 221 Å². The summed E-state index contributed by atoms with van der Waals surface area (Å²) in [4.78, 5) is 71.5. The number of carboxylic acid groups (broad SMARTS) is 3. The van der Waals surface area contributed by atoms with Crippen LogP contribution in [0.4, 0.5) is 26.3 Å². The Labute approximate surface area is 494 Å². The smallest absolute Gasteiger partial charge is 0.434 e. The van der Waals surface area contributed by atoms with Gasteiger partial charge in [-0.3, -0.25) is 28.8 Å². The largest absolute Gasteiger partial charge is 0.481 e. The lowest BCUT2D eigenvalue weighted by Gasteiger charge is -2.36. The normalized spacial score (nSPS) is 22.7. The average molecular weight is 1200 g/mol. The number of carboxylic acids is 3. The first-order valence-corrected chi connectivity index (χ1v) is 30.1. The minimum atomic E-state index is -5.80. The highest BCUT2D eigenvalue weighted by Crippen LogP contribution is 2.54. The van der Waals surface area contributed by atoms with E-state index in [2.05, 4.69) is 63.6 Å². The van der Waals surface area contributed by atoms with E-state index in [9.17, 15) is 65.3 Å². The van der Waals surface area contributed by atoms with Crippen LogP contribution < -0.4 is 0 Å². The van der Waals surface area contributed by atoms with Gasteiger partial charge < -0.3 is 34.3 Å². The Hall–Kier alpha value is -5.20. The summed E-state index contributed by atoms with van der Waals surface area (Å²) in [5.41, 5.74) is 2.09. The fourth-order valence-corrected chi connectivity index (χ4v) is 12.4. The number of carbonyl (C=O) groups excluding carboxylic acids is 3. The molecule has 3 N–H and O–H groups in total. The summed E-state index contributed by atoms with van der Waals surface area (Å²) in [6, 6.07) is 20.1. The molecule has 12 unspecified atom stereocenters. The quantitative estimate of drug-likeness (QED) is 0.0348. The summed E-state index contributed by atoms with van der Waals surface area (Å²) in [5.74, 6) is -7.86. The van der Waals surface area contributed by atoms with E-state index in [1.165, 1.54) is 18.1 Å². The number of aliphatic carboxylic acids is 3. The second-order valence-electron chi connectivity index (χ2n) is 26.1. The number of halogens is 6. The molecule has 5 rings (SSSR count). The molecule has 84 heavy (non-hydrogen) atoms. The van der Waals surface area contributed by atoms with E-state index >= 15 is 0 Å². The molecule has 3 aliphatic carbocycles. The van der Waals surface area contributed by atoms with E-state index in [4.69, 9.17) is 19.3 Å². The summed E-state index contributed by atoms with van der Waals surface area (Å²) in [6.45, 7) is 23.0. The van der Waals surface area contributed by atoms with Crippen LogP contribution in [0.2, 0.25) is 0 Å². The molecule has 0 radical (unpaired) electrons. The maximum absolute atomic E-state index is 12.9. The van der Waals surface area contributed by atoms with E-state index in [1.807, 2.05) is 64.1 Å². The van der Waals surface area contributed by atoms with Crippen LogP contribution in [0.15, 0.2) is 60.7 Å². The van der Waals surface area contributed by atoms with Crippen LogP contribution in [0.3, 0.4) is 0 Å². The molecule has 0 aromatic heterocycles. The lowest BCUT2D eigenvalue weighted by atomic mass is 9.72. The van der Waals surface area contributed by atoms with Gasteiger partial charge in [-0.1, -0.05) is 123 Å². The number of ether oxygens (including phenoxy) is 4. The van der Waals surface area contributed by atoms with Crippen molar-refractivity contribution in [2.75, 3.05) is 6.79 Å². The first-order chi connectivity index (χ1) is 39.0. The maximum atomic E-state index is 12.9. The number of rotatable bonds is 26. The first-order valence-electron chi connectivity index (χ1n) is 30.1. The van der Waals surface area contributed by atoms with E-state index in [-0.39, 0.29) is 73.7 Å². The third-order valence-corrected chi connectivity index (χ3v) is 17.6. The second-order valence-corrected chi connectivity index (χ2v) is 26.1. The van der Waals surface area contributed by atoms with Crippen LogP contribution in [0, 0.1) is 70.5 Å². The van der Waals surface area contributed by atoms with E-state index in [0.29, 0.717) is 36.5 Å². The monoisotopic (exact) mass is 1200 g/mol. The van der Waals surface area contributed by atoms with Gasteiger partial charge in [0.2, 0.25) is 0 Å². The molecule has 0 saturated heterocycles. The van der Waals surface area contributed by atoms with Gasteiger partial charge in [0.25, 0.3) is 6.10 Å². The molecule has 12 atom stereocenters. The number of hydrogen-bond acceptors (Lipinski definition) is 10. The highest BCUT2D eigenvalue weighted by Gasteiger charge is 2.60. The van der Waals surface area contributed by atoms with E-state index in [1.54, 1.807) is 13.8 Å². The number of benzene rings is 2. The highest BCUT2D eigenvalue weighted by molar-refractivity contribution is 5.76. The molecule has 2 aromatic carbocycles. The molecule has 19 heteroatoms. The molecule has 2 bridgehead atoms. The van der Waals surface area contributed by atoms with Crippen LogP contribution in [0.1, 0.15) is 202 Å². The molecule has 0 aliphatic heterocycles. The lowest BCUT2D eigenvalue weighted by Crippen LogP contribution is -2.46. The Morgan fingerprint density at radius 2 is 0.976 bits per heavy atom.